The van der Waals surface area contributed by atoms with Crippen LogP contribution in [-0.4, -0.2) is 56.2 Å². The number of aromatic nitrogens is 1. The number of ether oxygens (including phenoxy) is 2. The van der Waals surface area contributed by atoms with Gasteiger partial charge in [-0.1, -0.05) is 11.6 Å². The maximum absolute atomic E-state index is 12.9. The van der Waals surface area contributed by atoms with E-state index in [0.29, 0.717) is 48.2 Å². The number of carbonyl (C=O) groups excluding carboxylic acids is 1. The van der Waals surface area contributed by atoms with E-state index in [-0.39, 0.29) is 5.91 Å². The van der Waals surface area contributed by atoms with Crippen LogP contribution in [0, 0.1) is 0 Å². The number of benzene rings is 1. The van der Waals surface area contributed by atoms with Crippen LogP contribution in [0.1, 0.15) is 10.4 Å². The summed E-state index contributed by atoms with van der Waals surface area (Å²) in [6.45, 7) is 2.50. The van der Waals surface area contributed by atoms with E-state index in [2.05, 4.69) is 9.88 Å². The highest BCUT2D eigenvalue weighted by atomic mass is 35.5. The number of hydrogen-bond acceptors (Lipinski definition) is 6. The smallest absolute Gasteiger partial charge is 0.257 e. The number of hydrogen-bond donors (Lipinski definition) is 1. The molecule has 1 aromatic carbocycles. The number of piperazine rings is 1. The number of carbonyl (C=O) groups is 1. The van der Waals surface area contributed by atoms with Crippen LogP contribution in [0.2, 0.25) is 5.02 Å². The van der Waals surface area contributed by atoms with Gasteiger partial charge >= 0.3 is 0 Å². The summed E-state index contributed by atoms with van der Waals surface area (Å²) in [5.74, 6) is 1.90. The van der Waals surface area contributed by atoms with Gasteiger partial charge in [0.15, 0.2) is 0 Å². The number of pyridine rings is 1. The molecule has 1 fully saturated rings. The van der Waals surface area contributed by atoms with Gasteiger partial charge in [0.05, 0.1) is 30.5 Å². The van der Waals surface area contributed by atoms with Crippen LogP contribution in [0.15, 0.2) is 30.5 Å². The average molecular weight is 377 g/mol. The molecule has 0 unspecified atom stereocenters. The number of nitrogens with zero attached hydrogens (tertiary/aromatic N) is 3. The zero-order valence-corrected chi connectivity index (χ0v) is 15.5. The Hall–Kier alpha value is -2.67. The van der Waals surface area contributed by atoms with Crippen LogP contribution in [0.4, 0.5) is 11.5 Å². The SMILES string of the molecule is COc1ccnc(N2CCN(C(=O)c3cc(Cl)c(N)cc3OC)CC2)c1. The van der Waals surface area contributed by atoms with Gasteiger partial charge in [-0.3, -0.25) is 4.79 Å². The molecule has 7 nitrogen and oxygen atoms in total. The first-order valence-corrected chi connectivity index (χ1v) is 8.58. The third kappa shape index (κ3) is 3.62. The highest BCUT2D eigenvalue weighted by Crippen LogP contribution is 2.30. The molecule has 138 valence electrons. The Kier molecular flexibility index (Phi) is 5.37. The molecule has 1 saturated heterocycles. The average Bonchev–Trinajstić information content (AvgIpc) is 2.69. The quantitative estimate of drug-likeness (QED) is 0.824. The van der Waals surface area contributed by atoms with Gasteiger partial charge in [0, 0.05) is 44.5 Å². The van der Waals surface area contributed by atoms with E-state index in [1.54, 1.807) is 36.4 Å². The Morgan fingerprint density at radius 3 is 2.54 bits per heavy atom. The van der Waals surface area contributed by atoms with Gasteiger partial charge in [-0.05, 0) is 12.1 Å². The van der Waals surface area contributed by atoms with Gasteiger partial charge in [0.25, 0.3) is 5.91 Å². The lowest BCUT2D eigenvalue weighted by atomic mass is 10.1. The van der Waals surface area contributed by atoms with E-state index >= 15 is 0 Å². The second-order valence-corrected chi connectivity index (χ2v) is 6.31. The Morgan fingerprint density at radius 1 is 1.15 bits per heavy atom. The lowest BCUT2D eigenvalue weighted by molar-refractivity contribution is 0.0743. The summed E-state index contributed by atoms with van der Waals surface area (Å²) in [5, 5.41) is 0.341. The summed E-state index contributed by atoms with van der Waals surface area (Å²) in [6.07, 6.45) is 1.72. The second kappa shape index (κ2) is 7.70. The molecule has 2 aromatic rings. The predicted molar refractivity (Wildman–Crippen MR) is 101 cm³/mol. The predicted octanol–water partition coefficient (Wildman–Crippen LogP) is 2.30. The minimum absolute atomic E-state index is 0.123. The maximum Gasteiger partial charge on any atom is 0.257 e. The first-order valence-electron chi connectivity index (χ1n) is 8.20. The maximum atomic E-state index is 12.9. The molecule has 0 bridgehead atoms. The van der Waals surface area contributed by atoms with Crippen molar-refractivity contribution in [2.24, 2.45) is 0 Å². The molecule has 26 heavy (non-hydrogen) atoms. The molecule has 0 aliphatic carbocycles. The van der Waals surface area contributed by atoms with Gasteiger partial charge in [-0.15, -0.1) is 0 Å². The zero-order chi connectivity index (χ0) is 18.7. The number of nitrogens with two attached hydrogens (primary N) is 1. The van der Waals surface area contributed by atoms with Gasteiger partial charge in [0.2, 0.25) is 0 Å². The lowest BCUT2D eigenvalue weighted by Gasteiger charge is -2.35. The van der Waals surface area contributed by atoms with Crippen molar-refractivity contribution >= 4 is 29.0 Å². The number of halogens is 1. The van der Waals surface area contributed by atoms with E-state index in [0.717, 1.165) is 11.6 Å². The summed E-state index contributed by atoms with van der Waals surface area (Å²) in [5.41, 5.74) is 6.59. The number of anilines is 2. The fraction of sp³-hybridized carbons (Fsp3) is 0.333. The monoisotopic (exact) mass is 376 g/mol. The molecule has 1 aromatic heterocycles. The van der Waals surface area contributed by atoms with Crippen molar-refractivity contribution in [3.05, 3.63) is 41.0 Å². The molecule has 0 spiro atoms. The van der Waals surface area contributed by atoms with Crippen LogP contribution in [-0.2, 0) is 0 Å². The molecule has 2 N–H and O–H groups in total. The van der Waals surface area contributed by atoms with E-state index in [4.69, 9.17) is 26.8 Å². The van der Waals surface area contributed by atoms with E-state index in [1.165, 1.54) is 7.11 Å². The molecular formula is C18H21ClN4O3. The van der Waals surface area contributed by atoms with E-state index < -0.39 is 0 Å². The molecule has 1 aliphatic rings. The summed E-state index contributed by atoms with van der Waals surface area (Å²) in [4.78, 5) is 21.2. The largest absolute Gasteiger partial charge is 0.497 e. The van der Waals surface area contributed by atoms with Crippen LogP contribution < -0.4 is 20.1 Å². The summed E-state index contributed by atoms with van der Waals surface area (Å²) in [6, 6.07) is 6.83. The molecule has 1 amide bonds. The lowest BCUT2D eigenvalue weighted by Crippen LogP contribution is -2.49. The molecule has 0 saturated carbocycles. The fourth-order valence-electron chi connectivity index (χ4n) is 2.91. The first-order chi connectivity index (χ1) is 12.5. The molecule has 8 heteroatoms. The third-order valence-corrected chi connectivity index (χ3v) is 4.72. The van der Waals surface area contributed by atoms with Crippen molar-refractivity contribution in [3.8, 4) is 11.5 Å². The van der Waals surface area contributed by atoms with Crippen LogP contribution in [0.5, 0.6) is 11.5 Å². The molecule has 0 radical (unpaired) electrons. The Morgan fingerprint density at radius 2 is 1.88 bits per heavy atom. The first kappa shape index (κ1) is 18.1. The molecule has 1 aliphatic heterocycles. The highest BCUT2D eigenvalue weighted by molar-refractivity contribution is 6.33. The third-order valence-electron chi connectivity index (χ3n) is 4.39. The van der Waals surface area contributed by atoms with Crippen molar-refractivity contribution in [2.45, 2.75) is 0 Å². The van der Waals surface area contributed by atoms with Crippen LogP contribution in [0.25, 0.3) is 0 Å². The summed E-state index contributed by atoms with van der Waals surface area (Å²) in [7, 11) is 3.13. The fourth-order valence-corrected chi connectivity index (χ4v) is 3.08. The Labute approximate surface area is 157 Å². The number of rotatable bonds is 4. The van der Waals surface area contributed by atoms with E-state index in [9.17, 15) is 4.79 Å². The topological polar surface area (TPSA) is 80.9 Å². The number of methoxy groups -OCH3 is 2. The molecule has 2 heterocycles. The number of nitrogen functional groups attached to an aromatic ring is 1. The minimum atomic E-state index is -0.123. The van der Waals surface area contributed by atoms with Crippen LogP contribution in [0.3, 0.4) is 0 Å². The molecule has 0 atom stereocenters. The van der Waals surface area contributed by atoms with Crippen molar-refractivity contribution < 1.29 is 14.3 Å². The standard InChI is InChI=1S/C18H21ClN4O3/c1-25-12-3-4-21-17(9-12)22-5-7-23(8-6-22)18(24)13-10-14(19)15(20)11-16(13)26-2/h3-4,9-11H,5-8,20H2,1-2H3. The van der Waals surface area contributed by atoms with Crippen molar-refractivity contribution in [1.82, 2.24) is 9.88 Å². The normalized spacial score (nSPS) is 14.3. The Bertz CT molecular complexity index is 807. The van der Waals surface area contributed by atoms with Gasteiger partial charge in [0.1, 0.15) is 17.3 Å². The van der Waals surface area contributed by atoms with Crippen molar-refractivity contribution in [1.29, 1.82) is 0 Å². The van der Waals surface area contributed by atoms with Crippen molar-refractivity contribution in [2.75, 3.05) is 51.0 Å². The highest BCUT2D eigenvalue weighted by Gasteiger charge is 2.25. The minimum Gasteiger partial charge on any atom is -0.497 e. The van der Waals surface area contributed by atoms with Crippen LogP contribution >= 0.6 is 11.6 Å². The second-order valence-electron chi connectivity index (χ2n) is 5.91. The Balaban J connectivity index is 1.72. The molecule has 3 rings (SSSR count). The zero-order valence-electron chi connectivity index (χ0n) is 14.7. The summed E-state index contributed by atoms with van der Waals surface area (Å²) >= 11 is 6.08. The van der Waals surface area contributed by atoms with E-state index in [1.807, 2.05) is 6.07 Å². The van der Waals surface area contributed by atoms with Gasteiger partial charge < -0.3 is 25.0 Å². The van der Waals surface area contributed by atoms with Gasteiger partial charge in [-0.2, -0.15) is 0 Å². The number of amides is 1. The molecular weight excluding hydrogens is 356 g/mol. The summed E-state index contributed by atoms with van der Waals surface area (Å²) < 4.78 is 10.5. The van der Waals surface area contributed by atoms with Gasteiger partial charge in [-0.25, -0.2) is 4.98 Å². The van der Waals surface area contributed by atoms with Crippen molar-refractivity contribution in [3.63, 3.8) is 0 Å².